The molecule has 4 rings (SSSR count). The number of nitro benzene ring substituents is 1. The van der Waals surface area contributed by atoms with Gasteiger partial charge in [-0.15, -0.1) is 0 Å². The summed E-state index contributed by atoms with van der Waals surface area (Å²) in [4.78, 5) is 19.6. The van der Waals surface area contributed by atoms with Crippen molar-refractivity contribution in [2.75, 3.05) is 0 Å². The quantitative estimate of drug-likeness (QED) is 0.292. The van der Waals surface area contributed by atoms with E-state index in [1.54, 1.807) is 24.5 Å². The van der Waals surface area contributed by atoms with E-state index in [0.717, 1.165) is 0 Å². The van der Waals surface area contributed by atoms with E-state index in [4.69, 9.17) is 16.0 Å². The van der Waals surface area contributed by atoms with E-state index in [2.05, 4.69) is 9.98 Å². The highest BCUT2D eigenvalue weighted by Crippen LogP contribution is 2.31. The van der Waals surface area contributed by atoms with Crippen LogP contribution in [0.2, 0.25) is 5.02 Å². The van der Waals surface area contributed by atoms with E-state index < -0.39 is 4.92 Å². The van der Waals surface area contributed by atoms with Crippen molar-refractivity contribution in [2.45, 2.75) is 0 Å². The summed E-state index contributed by atoms with van der Waals surface area (Å²) in [7, 11) is 0. The van der Waals surface area contributed by atoms with Crippen molar-refractivity contribution >= 4 is 35.0 Å². The number of imidazole rings is 1. The zero-order chi connectivity index (χ0) is 18.1. The summed E-state index contributed by atoms with van der Waals surface area (Å²) in [6, 6.07) is 13.7. The van der Waals surface area contributed by atoms with Crippen LogP contribution in [-0.4, -0.2) is 20.5 Å². The number of furan rings is 1. The topological polar surface area (TPSA) is 85.9 Å². The summed E-state index contributed by atoms with van der Waals surface area (Å²) < 4.78 is 7.27. The zero-order valence-electron chi connectivity index (χ0n) is 13.2. The largest absolute Gasteiger partial charge is 0.463 e. The molecule has 3 heterocycles. The highest BCUT2D eigenvalue weighted by Gasteiger charge is 2.16. The Bertz CT molecular complexity index is 1130. The molecule has 0 aliphatic rings. The van der Waals surface area contributed by atoms with Crippen molar-refractivity contribution in [3.63, 3.8) is 0 Å². The number of rotatable bonds is 4. The van der Waals surface area contributed by atoms with Crippen molar-refractivity contribution < 1.29 is 9.34 Å². The Hall–Kier alpha value is -3.45. The molecule has 0 spiro atoms. The van der Waals surface area contributed by atoms with Crippen LogP contribution in [0, 0.1) is 10.1 Å². The SMILES string of the molecule is O=[N+]([O-])c1cc(C=Nc2c(-c3ccco3)nc3ccccn23)ccc1Cl. The lowest BCUT2D eigenvalue weighted by Crippen LogP contribution is -1.91. The molecule has 0 N–H and O–H groups in total. The number of nitro groups is 1. The average Bonchev–Trinajstić information content (AvgIpc) is 3.28. The van der Waals surface area contributed by atoms with Gasteiger partial charge >= 0.3 is 0 Å². The van der Waals surface area contributed by atoms with Gasteiger partial charge in [-0.1, -0.05) is 23.7 Å². The minimum Gasteiger partial charge on any atom is -0.463 e. The maximum Gasteiger partial charge on any atom is 0.288 e. The number of fused-ring (bicyclic) bond motifs is 1. The van der Waals surface area contributed by atoms with Crippen LogP contribution in [0.1, 0.15) is 5.56 Å². The van der Waals surface area contributed by atoms with Gasteiger partial charge in [0.2, 0.25) is 0 Å². The zero-order valence-corrected chi connectivity index (χ0v) is 14.0. The lowest BCUT2D eigenvalue weighted by Gasteiger charge is -1.99. The fourth-order valence-corrected chi connectivity index (χ4v) is 2.76. The van der Waals surface area contributed by atoms with Crippen molar-refractivity contribution in [3.05, 3.63) is 81.7 Å². The monoisotopic (exact) mass is 366 g/mol. The summed E-state index contributed by atoms with van der Waals surface area (Å²) in [6.07, 6.45) is 4.94. The van der Waals surface area contributed by atoms with Crippen LogP contribution in [0.3, 0.4) is 0 Å². The van der Waals surface area contributed by atoms with Crippen molar-refractivity contribution in [1.82, 2.24) is 9.38 Å². The third-order valence-corrected chi connectivity index (χ3v) is 4.08. The van der Waals surface area contributed by atoms with E-state index >= 15 is 0 Å². The highest BCUT2D eigenvalue weighted by molar-refractivity contribution is 6.32. The fourth-order valence-electron chi connectivity index (χ4n) is 2.57. The predicted molar refractivity (Wildman–Crippen MR) is 98.3 cm³/mol. The molecule has 0 saturated heterocycles. The molecule has 0 fully saturated rings. The van der Waals surface area contributed by atoms with E-state index in [1.807, 2.05) is 28.8 Å². The van der Waals surface area contributed by atoms with Gasteiger partial charge in [-0.3, -0.25) is 14.5 Å². The molecular weight excluding hydrogens is 356 g/mol. The number of aromatic nitrogens is 2. The smallest absolute Gasteiger partial charge is 0.288 e. The molecule has 7 nitrogen and oxygen atoms in total. The summed E-state index contributed by atoms with van der Waals surface area (Å²) in [5.41, 5.74) is 1.69. The molecule has 0 unspecified atom stereocenters. The molecule has 4 aromatic rings. The molecule has 128 valence electrons. The maximum absolute atomic E-state index is 11.0. The molecule has 0 aliphatic heterocycles. The van der Waals surface area contributed by atoms with Crippen LogP contribution in [-0.2, 0) is 0 Å². The molecule has 8 heteroatoms. The Morgan fingerprint density at radius 3 is 2.88 bits per heavy atom. The van der Waals surface area contributed by atoms with Gasteiger partial charge in [0.05, 0.1) is 11.2 Å². The minimum atomic E-state index is -0.526. The lowest BCUT2D eigenvalue weighted by molar-refractivity contribution is -0.384. The Labute approximate surface area is 152 Å². The van der Waals surface area contributed by atoms with Crippen LogP contribution in [0.25, 0.3) is 17.1 Å². The van der Waals surface area contributed by atoms with E-state index in [-0.39, 0.29) is 10.7 Å². The molecule has 1 aromatic carbocycles. The van der Waals surface area contributed by atoms with E-state index in [0.29, 0.717) is 28.5 Å². The number of aliphatic imine (C=N–C) groups is 1. The van der Waals surface area contributed by atoms with Gasteiger partial charge in [0.25, 0.3) is 5.69 Å². The highest BCUT2D eigenvalue weighted by atomic mass is 35.5. The first-order chi connectivity index (χ1) is 12.6. The second-order valence-electron chi connectivity index (χ2n) is 5.42. The molecule has 0 bridgehead atoms. The number of nitrogens with zero attached hydrogens (tertiary/aromatic N) is 4. The third kappa shape index (κ3) is 2.84. The summed E-state index contributed by atoms with van der Waals surface area (Å²) in [6.45, 7) is 0. The second-order valence-corrected chi connectivity index (χ2v) is 5.82. The Morgan fingerprint density at radius 1 is 1.23 bits per heavy atom. The Kier molecular flexibility index (Phi) is 3.98. The summed E-state index contributed by atoms with van der Waals surface area (Å²) in [5, 5.41) is 11.1. The van der Waals surface area contributed by atoms with Crippen LogP contribution >= 0.6 is 11.6 Å². The molecule has 0 saturated carbocycles. The van der Waals surface area contributed by atoms with Gasteiger partial charge in [0.15, 0.2) is 17.3 Å². The normalized spacial score (nSPS) is 11.4. The lowest BCUT2D eigenvalue weighted by atomic mass is 10.2. The Balaban J connectivity index is 1.82. The fraction of sp³-hybridized carbons (Fsp3) is 0. The molecule has 0 atom stereocenters. The number of pyridine rings is 1. The average molecular weight is 367 g/mol. The number of hydrogen-bond donors (Lipinski definition) is 0. The van der Waals surface area contributed by atoms with Gasteiger partial charge in [-0.25, -0.2) is 9.98 Å². The van der Waals surface area contributed by atoms with Crippen LogP contribution < -0.4 is 0 Å². The first-order valence-corrected chi connectivity index (χ1v) is 8.00. The minimum absolute atomic E-state index is 0.0817. The standard InChI is InChI=1S/C18H11ClN4O3/c19-13-7-6-12(10-14(13)23(24)25)11-20-18-17(15-4-3-9-26-15)21-16-5-1-2-8-22(16)18/h1-11H. The number of benzene rings is 1. The molecule has 0 aliphatic carbocycles. The number of hydrogen-bond acceptors (Lipinski definition) is 5. The van der Waals surface area contributed by atoms with E-state index in [1.165, 1.54) is 18.3 Å². The van der Waals surface area contributed by atoms with Gasteiger partial charge < -0.3 is 4.42 Å². The van der Waals surface area contributed by atoms with Crippen molar-refractivity contribution in [3.8, 4) is 11.5 Å². The predicted octanol–water partition coefficient (Wildman–Crippen LogP) is 4.91. The van der Waals surface area contributed by atoms with Crippen LogP contribution in [0.4, 0.5) is 11.5 Å². The van der Waals surface area contributed by atoms with Gasteiger partial charge in [0.1, 0.15) is 10.7 Å². The molecular formula is C18H11ClN4O3. The van der Waals surface area contributed by atoms with Crippen molar-refractivity contribution in [1.29, 1.82) is 0 Å². The molecule has 26 heavy (non-hydrogen) atoms. The third-order valence-electron chi connectivity index (χ3n) is 3.76. The summed E-state index contributed by atoms with van der Waals surface area (Å²) in [5.74, 6) is 1.15. The van der Waals surface area contributed by atoms with Gasteiger partial charge in [-0.05, 0) is 35.9 Å². The molecule has 3 aromatic heterocycles. The van der Waals surface area contributed by atoms with E-state index in [9.17, 15) is 10.1 Å². The maximum atomic E-state index is 11.0. The van der Waals surface area contributed by atoms with Crippen LogP contribution in [0.5, 0.6) is 0 Å². The number of halogens is 1. The van der Waals surface area contributed by atoms with Gasteiger partial charge in [0, 0.05) is 18.5 Å². The summed E-state index contributed by atoms with van der Waals surface area (Å²) >= 11 is 5.85. The van der Waals surface area contributed by atoms with Crippen LogP contribution in [0.15, 0.2) is 70.4 Å². The Morgan fingerprint density at radius 2 is 2.12 bits per heavy atom. The molecule has 0 amide bonds. The second kappa shape index (κ2) is 6.45. The van der Waals surface area contributed by atoms with Gasteiger partial charge in [-0.2, -0.15) is 0 Å². The first-order valence-electron chi connectivity index (χ1n) is 7.62. The first kappa shape index (κ1) is 16.0. The van der Waals surface area contributed by atoms with Crippen molar-refractivity contribution in [2.24, 2.45) is 4.99 Å². The molecule has 0 radical (unpaired) electrons.